The highest BCUT2D eigenvalue weighted by atomic mass is 16.5. The van der Waals surface area contributed by atoms with Crippen molar-refractivity contribution in [1.29, 1.82) is 0 Å². The molecule has 3 rings (SSSR count). The van der Waals surface area contributed by atoms with Crippen LogP contribution in [0.4, 0.5) is 0 Å². The van der Waals surface area contributed by atoms with Crippen LogP contribution in [-0.2, 0) is 16.7 Å². The number of likely N-dealkylation sites (N-methyl/N-ethyl adjacent to an activating group) is 1. The lowest BCUT2D eigenvalue weighted by atomic mass is 9.74. The summed E-state index contributed by atoms with van der Waals surface area (Å²) in [6.45, 7) is 9.70. The Morgan fingerprint density at radius 2 is 1.86 bits per heavy atom. The van der Waals surface area contributed by atoms with E-state index in [2.05, 4.69) is 55.0 Å². The van der Waals surface area contributed by atoms with Gasteiger partial charge in [-0.2, -0.15) is 0 Å². The van der Waals surface area contributed by atoms with Gasteiger partial charge in [-0.25, -0.2) is 0 Å². The summed E-state index contributed by atoms with van der Waals surface area (Å²) in [5.41, 5.74) is 3.42. The average molecular weight is 302 g/mol. The fraction of sp³-hybridized carbons (Fsp3) is 0.684. The zero-order chi connectivity index (χ0) is 15.6. The summed E-state index contributed by atoms with van der Waals surface area (Å²) in [7, 11) is 2.31. The Morgan fingerprint density at radius 1 is 1.14 bits per heavy atom. The van der Waals surface area contributed by atoms with E-state index in [9.17, 15) is 0 Å². The fourth-order valence-corrected chi connectivity index (χ4v) is 4.12. The Hall–Kier alpha value is -0.900. The molecule has 0 saturated carbocycles. The summed E-state index contributed by atoms with van der Waals surface area (Å²) in [4.78, 5) is 5.18. The summed E-state index contributed by atoms with van der Waals surface area (Å²) in [6, 6.07) is 9.09. The highest BCUT2D eigenvalue weighted by Gasteiger charge is 2.42. The van der Waals surface area contributed by atoms with E-state index in [0.29, 0.717) is 6.10 Å². The molecular weight excluding hydrogens is 272 g/mol. The van der Waals surface area contributed by atoms with Crippen molar-refractivity contribution in [2.24, 2.45) is 0 Å². The van der Waals surface area contributed by atoms with Crippen LogP contribution in [-0.4, -0.2) is 55.7 Å². The molecule has 1 fully saturated rings. The highest BCUT2D eigenvalue weighted by molar-refractivity contribution is 5.37. The second kappa shape index (κ2) is 6.69. The van der Waals surface area contributed by atoms with Crippen molar-refractivity contribution in [1.82, 2.24) is 9.80 Å². The van der Waals surface area contributed by atoms with E-state index in [1.807, 2.05) is 0 Å². The smallest absolute Gasteiger partial charge is 0.0596 e. The zero-order valence-corrected chi connectivity index (χ0v) is 14.3. The van der Waals surface area contributed by atoms with Crippen LogP contribution < -0.4 is 0 Å². The minimum Gasteiger partial charge on any atom is -0.377 e. The van der Waals surface area contributed by atoms with Gasteiger partial charge in [0.15, 0.2) is 0 Å². The van der Waals surface area contributed by atoms with Crippen molar-refractivity contribution < 1.29 is 4.74 Å². The van der Waals surface area contributed by atoms with E-state index in [-0.39, 0.29) is 5.54 Å². The predicted octanol–water partition coefficient (Wildman–Crippen LogP) is 2.89. The number of piperidine rings is 1. The molecule has 0 radical (unpaired) electrons. The lowest BCUT2D eigenvalue weighted by Crippen LogP contribution is -2.55. The molecule has 3 heteroatoms. The number of nitrogens with zero attached hydrogens (tertiary/aromatic N) is 2. The van der Waals surface area contributed by atoms with Crippen LogP contribution in [0.15, 0.2) is 24.3 Å². The Balaban J connectivity index is 1.66. The molecule has 2 aliphatic rings. The topological polar surface area (TPSA) is 15.7 Å². The van der Waals surface area contributed by atoms with Gasteiger partial charge in [0.2, 0.25) is 0 Å². The first kappa shape index (κ1) is 16.0. The molecule has 0 bridgehead atoms. The summed E-state index contributed by atoms with van der Waals surface area (Å²) < 4.78 is 5.71. The first-order valence-electron chi connectivity index (χ1n) is 8.75. The van der Waals surface area contributed by atoms with E-state index in [1.54, 1.807) is 11.1 Å². The van der Waals surface area contributed by atoms with Gasteiger partial charge in [-0.1, -0.05) is 24.3 Å². The SMILES string of the molecule is CC(C)OCCN1CCC2(CC1)c1ccccc1CCN2C. The minimum atomic E-state index is 0.268. The lowest BCUT2D eigenvalue weighted by molar-refractivity contribution is 0.00830. The Morgan fingerprint density at radius 3 is 2.59 bits per heavy atom. The van der Waals surface area contributed by atoms with Crippen LogP contribution in [0.25, 0.3) is 0 Å². The maximum atomic E-state index is 5.71. The van der Waals surface area contributed by atoms with Gasteiger partial charge in [0, 0.05) is 31.7 Å². The fourth-order valence-electron chi connectivity index (χ4n) is 4.12. The number of likely N-dealkylation sites (tertiary alicyclic amines) is 1. The van der Waals surface area contributed by atoms with E-state index < -0.39 is 0 Å². The van der Waals surface area contributed by atoms with Gasteiger partial charge in [-0.3, -0.25) is 4.90 Å². The number of benzene rings is 1. The average Bonchev–Trinajstić information content (AvgIpc) is 2.53. The summed E-state index contributed by atoms with van der Waals surface area (Å²) >= 11 is 0. The first-order valence-corrected chi connectivity index (χ1v) is 8.75. The third-order valence-corrected chi connectivity index (χ3v) is 5.51. The molecule has 0 aliphatic carbocycles. The van der Waals surface area contributed by atoms with Crippen molar-refractivity contribution in [2.75, 3.05) is 39.8 Å². The monoisotopic (exact) mass is 302 g/mol. The summed E-state index contributed by atoms with van der Waals surface area (Å²) in [5.74, 6) is 0. The zero-order valence-electron chi connectivity index (χ0n) is 14.3. The third-order valence-electron chi connectivity index (χ3n) is 5.51. The van der Waals surface area contributed by atoms with Gasteiger partial charge in [-0.15, -0.1) is 0 Å². The third kappa shape index (κ3) is 3.08. The van der Waals surface area contributed by atoms with Crippen LogP contribution in [0.1, 0.15) is 37.8 Å². The Bertz CT molecular complexity index is 492. The molecule has 2 heterocycles. The molecular formula is C19H30N2O. The van der Waals surface area contributed by atoms with Crippen LogP contribution in [0.5, 0.6) is 0 Å². The Kier molecular flexibility index (Phi) is 4.86. The van der Waals surface area contributed by atoms with Crippen LogP contribution >= 0.6 is 0 Å². The maximum absolute atomic E-state index is 5.71. The van der Waals surface area contributed by atoms with Gasteiger partial charge in [0.25, 0.3) is 0 Å². The maximum Gasteiger partial charge on any atom is 0.0596 e. The van der Waals surface area contributed by atoms with Crippen molar-refractivity contribution in [3.05, 3.63) is 35.4 Å². The van der Waals surface area contributed by atoms with Crippen LogP contribution in [0, 0.1) is 0 Å². The summed E-state index contributed by atoms with van der Waals surface area (Å²) in [6.07, 6.45) is 4.01. The predicted molar refractivity (Wildman–Crippen MR) is 91.2 cm³/mol. The second-order valence-electron chi connectivity index (χ2n) is 7.12. The molecule has 0 unspecified atom stereocenters. The number of fused-ring (bicyclic) bond motifs is 2. The molecule has 22 heavy (non-hydrogen) atoms. The Labute approximate surface area is 135 Å². The lowest BCUT2D eigenvalue weighted by Gasteiger charge is -2.51. The molecule has 1 aromatic carbocycles. The number of hydrogen-bond acceptors (Lipinski definition) is 3. The molecule has 3 nitrogen and oxygen atoms in total. The molecule has 122 valence electrons. The van der Waals surface area contributed by atoms with E-state index >= 15 is 0 Å². The van der Waals surface area contributed by atoms with Crippen molar-refractivity contribution >= 4 is 0 Å². The van der Waals surface area contributed by atoms with E-state index in [4.69, 9.17) is 4.74 Å². The first-order chi connectivity index (χ1) is 10.6. The molecule has 1 aromatic rings. The summed E-state index contributed by atoms with van der Waals surface area (Å²) in [5, 5.41) is 0. The number of hydrogen-bond donors (Lipinski definition) is 0. The van der Waals surface area contributed by atoms with Gasteiger partial charge in [0.1, 0.15) is 0 Å². The molecule has 1 spiro atoms. The van der Waals surface area contributed by atoms with Gasteiger partial charge in [-0.05, 0) is 51.3 Å². The normalized spacial score (nSPS) is 22.2. The van der Waals surface area contributed by atoms with E-state index in [0.717, 1.165) is 13.2 Å². The molecule has 0 N–H and O–H groups in total. The minimum absolute atomic E-state index is 0.268. The van der Waals surface area contributed by atoms with Gasteiger partial charge < -0.3 is 9.64 Å². The van der Waals surface area contributed by atoms with Gasteiger partial charge in [0.05, 0.1) is 12.7 Å². The van der Waals surface area contributed by atoms with Crippen LogP contribution in [0.3, 0.4) is 0 Å². The number of ether oxygens (including phenoxy) is 1. The quantitative estimate of drug-likeness (QED) is 0.850. The second-order valence-corrected chi connectivity index (χ2v) is 7.12. The van der Waals surface area contributed by atoms with Crippen molar-refractivity contribution in [3.63, 3.8) is 0 Å². The standard InChI is InChI=1S/C19H30N2O/c1-16(2)22-15-14-21-12-9-19(10-13-21)18-7-5-4-6-17(18)8-11-20(19)3/h4-7,16H,8-15H2,1-3H3. The largest absolute Gasteiger partial charge is 0.377 e. The molecule has 2 aliphatic heterocycles. The molecule has 0 amide bonds. The molecule has 1 saturated heterocycles. The number of rotatable bonds is 4. The van der Waals surface area contributed by atoms with Crippen molar-refractivity contribution in [3.8, 4) is 0 Å². The van der Waals surface area contributed by atoms with Gasteiger partial charge >= 0.3 is 0 Å². The van der Waals surface area contributed by atoms with Crippen molar-refractivity contribution in [2.45, 2.75) is 44.8 Å². The molecule has 0 aromatic heterocycles. The van der Waals surface area contributed by atoms with Crippen LogP contribution in [0.2, 0.25) is 0 Å². The highest BCUT2D eigenvalue weighted by Crippen LogP contribution is 2.42. The molecule has 0 atom stereocenters. The van der Waals surface area contributed by atoms with E-state index in [1.165, 1.54) is 38.9 Å².